The van der Waals surface area contributed by atoms with E-state index in [-0.39, 0.29) is 5.69 Å². The Hall–Kier alpha value is -2.15. The maximum Gasteiger partial charge on any atom is 0.269 e. The number of non-ortho nitro benzene ring substituents is 1. The van der Waals surface area contributed by atoms with Crippen LogP contribution in [0.4, 0.5) is 11.4 Å². The minimum Gasteiger partial charge on any atom is -0.313 e. The highest BCUT2D eigenvalue weighted by Crippen LogP contribution is 2.38. The van der Waals surface area contributed by atoms with Crippen LogP contribution in [-0.2, 0) is 0 Å². The molecule has 1 aromatic heterocycles. The normalized spacial score (nSPS) is 14.6. The third-order valence-electron chi connectivity index (χ3n) is 4.16. The Bertz CT molecular complexity index is 1050. The average Bonchev–Trinajstić information content (AvgIpc) is 3.39. The third-order valence-corrected chi connectivity index (χ3v) is 5.73. The van der Waals surface area contributed by atoms with Crippen LogP contribution in [0.1, 0.15) is 18.9 Å². The molecule has 0 spiro atoms. The van der Waals surface area contributed by atoms with Crippen LogP contribution in [0.2, 0.25) is 10.0 Å². The van der Waals surface area contributed by atoms with Gasteiger partial charge in [-0.3, -0.25) is 10.1 Å². The SMILES string of the molecule is O=[N+]([O-])c1ccc(-c2csc(=Nc3ccc(Cl)c(Cl)c3)n2C2CC2)cc1. The minimum atomic E-state index is -0.391. The number of nitro groups is 1. The molecular formula is C18H13Cl2N3O2S. The summed E-state index contributed by atoms with van der Waals surface area (Å²) in [7, 11) is 0. The van der Waals surface area contributed by atoms with Gasteiger partial charge in [0, 0.05) is 23.6 Å². The molecule has 0 radical (unpaired) electrons. The molecule has 0 amide bonds. The third kappa shape index (κ3) is 3.40. The lowest BCUT2D eigenvalue weighted by Gasteiger charge is -2.07. The van der Waals surface area contributed by atoms with Gasteiger partial charge in [0.2, 0.25) is 0 Å². The molecule has 1 aliphatic carbocycles. The lowest BCUT2D eigenvalue weighted by Crippen LogP contribution is -2.14. The van der Waals surface area contributed by atoms with Gasteiger partial charge in [-0.15, -0.1) is 11.3 Å². The van der Waals surface area contributed by atoms with E-state index in [0.29, 0.717) is 16.1 Å². The smallest absolute Gasteiger partial charge is 0.269 e. The van der Waals surface area contributed by atoms with E-state index in [2.05, 4.69) is 4.57 Å². The standard InChI is InChI=1S/C18H13Cl2N3O2S/c19-15-8-3-12(9-16(15)20)21-18-22(13-6-7-13)17(10-26-18)11-1-4-14(5-2-11)23(24)25/h1-5,8-10,13H,6-7H2. The first-order valence-electron chi connectivity index (χ1n) is 7.97. The zero-order valence-electron chi connectivity index (χ0n) is 13.4. The molecular weight excluding hydrogens is 393 g/mol. The molecule has 1 heterocycles. The number of hydrogen-bond donors (Lipinski definition) is 0. The van der Waals surface area contributed by atoms with Crippen molar-refractivity contribution in [2.45, 2.75) is 18.9 Å². The second-order valence-corrected chi connectivity index (χ2v) is 7.67. The Morgan fingerprint density at radius 3 is 2.46 bits per heavy atom. The molecule has 0 unspecified atom stereocenters. The van der Waals surface area contributed by atoms with Gasteiger partial charge < -0.3 is 4.57 Å². The van der Waals surface area contributed by atoms with Crippen LogP contribution in [-0.4, -0.2) is 9.49 Å². The van der Waals surface area contributed by atoms with Crippen molar-refractivity contribution in [3.63, 3.8) is 0 Å². The van der Waals surface area contributed by atoms with Crippen molar-refractivity contribution in [2.24, 2.45) is 4.99 Å². The zero-order chi connectivity index (χ0) is 18.3. The molecule has 3 aromatic rings. The van der Waals surface area contributed by atoms with Crippen LogP contribution in [0.3, 0.4) is 0 Å². The van der Waals surface area contributed by atoms with Crippen molar-refractivity contribution >= 4 is 45.9 Å². The van der Waals surface area contributed by atoms with Crippen molar-refractivity contribution in [3.8, 4) is 11.3 Å². The average molecular weight is 406 g/mol. The topological polar surface area (TPSA) is 60.4 Å². The van der Waals surface area contributed by atoms with Gasteiger partial charge in [-0.05, 0) is 48.7 Å². The van der Waals surface area contributed by atoms with E-state index in [0.717, 1.165) is 34.6 Å². The summed E-state index contributed by atoms with van der Waals surface area (Å²) in [5.74, 6) is 0. The molecule has 4 rings (SSSR count). The van der Waals surface area contributed by atoms with Crippen LogP contribution in [0.25, 0.3) is 11.3 Å². The molecule has 0 bridgehead atoms. The first-order valence-corrected chi connectivity index (χ1v) is 9.61. The Kier molecular flexibility index (Phi) is 4.56. The highest BCUT2D eigenvalue weighted by molar-refractivity contribution is 7.07. The number of nitro benzene ring substituents is 1. The molecule has 2 aromatic carbocycles. The van der Waals surface area contributed by atoms with Crippen molar-refractivity contribution in [2.75, 3.05) is 0 Å². The fourth-order valence-electron chi connectivity index (χ4n) is 2.72. The number of thiazole rings is 1. The monoisotopic (exact) mass is 405 g/mol. The largest absolute Gasteiger partial charge is 0.313 e. The van der Waals surface area contributed by atoms with Gasteiger partial charge >= 0.3 is 0 Å². The minimum absolute atomic E-state index is 0.0858. The summed E-state index contributed by atoms with van der Waals surface area (Å²) in [6.45, 7) is 0. The quantitative estimate of drug-likeness (QED) is 0.394. The number of benzene rings is 2. The van der Waals surface area contributed by atoms with E-state index in [1.54, 1.807) is 35.6 Å². The molecule has 26 heavy (non-hydrogen) atoms. The predicted molar refractivity (Wildman–Crippen MR) is 104 cm³/mol. The number of halogens is 2. The number of hydrogen-bond acceptors (Lipinski definition) is 4. The van der Waals surface area contributed by atoms with Crippen LogP contribution in [0.15, 0.2) is 52.8 Å². The fourth-order valence-corrected chi connectivity index (χ4v) is 4.00. The van der Waals surface area contributed by atoms with Gasteiger partial charge in [0.1, 0.15) is 0 Å². The first-order chi connectivity index (χ1) is 12.5. The molecule has 1 aliphatic rings. The van der Waals surface area contributed by atoms with E-state index in [4.69, 9.17) is 28.2 Å². The maximum atomic E-state index is 10.9. The van der Waals surface area contributed by atoms with Gasteiger partial charge in [-0.2, -0.15) is 0 Å². The van der Waals surface area contributed by atoms with Gasteiger partial charge in [-0.25, -0.2) is 4.99 Å². The summed E-state index contributed by atoms with van der Waals surface area (Å²) < 4.78 is 2.20. The Morgan fingerprint density at radius 2 is 1.85 bits per heavy atom. The van der Waals surface area contributed by atoms with E-state index >= 15 is 0 Å². The highest BCUT2D eigenvalue weighted by Gasteiger charge is 2.27. The van der Waals surface area contributed by atoms with Crippen molar-refractivity contribution in [3.05, 3.63) is 72.8 Å². The summed E-state index contributed by atoms with van der Waals surface area (Å²) in [6, 6.07) is 12.3. The summed E-state index contributed by atoms with van der Waals surface area (Å²) in [6.07, 6.45) is 2.20. The van der Waals surface area contributed by atoms with Crippen LogP contribution in [0, 0.1) is 10.1 Å². The van der Waals surface area contributed by atoms with E-state index in [1.807, 2.05) is 11.4 Å². The van der Waals surface area contributed by atoms with Crippen molar-refractivity contribution in [1.82, 2.24) is 4.57 Å². The lowest BCUT2D eigenvalue weighted by atomic mass is 10.1. The summed E-state index contributed by atoms with van der Waals surface area (Å²) >= 11 is 13.6. The van der Waals surface area contributed by atoms with E-state index < -0.39 is 4.92 Å². The van der Waals surface area contributed by atoms with Crippen molar-refractivity contribution in [1.29, 1.82) is 0 Å². The Morgan fingerprint density at radius 1 is 1.12 bits per heavy atom. The molecule has 1 saturated carbocycles. The maximum absolute atomic E-state index is 10.9. The van der Waals surface area contributed by atoms with Crippen molar-refractivity contribution < 1.29 is 4.92 Å². The van der Waals surface area contributed by atoms with Gasteiger partial charge in [0.25, 0.3) is 5.69 Å². The Balaban J connectivity index is 1.79. The second kappa shape index (κ2) is 6.87. The number of aromatic nitrogens is 1. The number of rotatable bonds is 4. The van der Waals surface area contributed by atoms with Crippen LogP contribution >= 0.6 is 34.5 Å². The molecule has 0 N–H and O–H groups in total. The lowest BCUT2D eigenvalue weighted by molar-refractivity contribution is -0.384. The summed E-state index contributed by atoms with van der Waals surface area (Å²) in [4.78, 5) is 16.1. The van der Waals surface area contributed by atoms with E-state index in [9.17, 15) is 10.1 Å². The number of nitrogens with zero attached hydrogens (tertiary/aromatic N) is 3. The molecule has 0 saturated heterocycles. The van der Waals surface area contributed by atoms with Gasteiger partial charge in [-0.1, -0.05) is 23.2 Å². The Labute approximate surface area is 163 Å². The molecule has 8 heteroatoms. The summed E-state index contributed by atoms with van der Waals surface area (Å²) in [5.41, 5.74) is 2.79. The molecule has 132 valence electrons. The predicted octanol–water partition coefficient (Wildman–Crippen LogP) is 6.00. The van der Waals surface area contributed by atoms with Gasteiger partial charge in [0.15, 0.2) is 4.80 Å². The summed E-state index contributed by atoms with van der Waals surface area (Å²) in [5, 5.41) is 13.9. The molecule has 5 nitrogen and oxygen atoms in total. The van der Waals surface area contributed by atoms with Crippen LogP contribution < -0.4 is 4.80 Å². The first kappa shape index (κ1) is 17.3. The second-order valence-electron chi connectivity index (χ2n) is 6.02. The van der Waals surface area contributed by atoms with Gasteiger partial charge in [0.05, 0.1) is 26.3 Å². The fraction of sp³-hybridized carbons (Fsp3) is 0.167. The highest BCUT2D eigenvalue weighted by atomic mass is 35.5. The van der Waals surface area contributed by atoms with Crippen LogP contribution in [0.5, 0.6) is 0 Å². The molecule has 0 aliphatic heterocycles. The van der Waals surface area contributed by atoms with E-state index in [1.165, 1.54) is 12.1 Å². The molecule has 0 atom stereocenters. The zero-order valence-corrected chi connectivity index (χ0v) is 15.8. The molecule has 1 fully saturated rings.